The number of aliphatic carboxylic acids is 1. The van der Waals surface area contributed by atoms with Gasteiger partial charge in [0, 0.05) is 4.47 Å². The SMILES string of the molecule is CCOC(=O)C(C)c1ccc(Br)cc1.CCOP(=O)(CCCOc1ccc(-c2ccc(C(C)C(=O)O)cc2)cc1)OCC. The highest BCUT2D eigenvalue weighted by Crippen LogP contribution is 2.48. The van der Waals surface area contributed by atoms with Gasteiger partial charge in [-0.25, -0.2) is 0 Å². The monoisotopic (exact) mass is 676 g/mol. The fraction of sp³-hybridized carbons (Fsp3) is 0.394. The van der Waals surface area contributed by atoms with E-state index in [1.165, 1.54) is 0 Å². The van der Waals surface area contributed by atoms with Crippen LogP contribution in [0, 0.1) is 0 Å². The van der Waals surface area contributed by atoms with Crippen LogP contribution < -0.4 is 4.74 Å². The van der Waals surface area contributed by atoms with Crippen molar-refractivity contribution in [3.05, 3.63) is 88.4 Å². The smallest absolute Gasteiger partial charge is 0.330 e. The molecule has 1 N–H and O–H groups in total. The lowest BCUT2D eigenvalue weighted by molar-refractivity contribution is -0.144. The lowest BCUT2D eigenvalue weighted by Gasteiger charge is -2.16. The summed E-state index contributed by atoms with van der Waals surface area (Å²) in [5.74, 6) is -0.996. The summed E-state index contributed by atoms with van der Waals surface area (Å²) in [6.07, 6.45) is 0.899. The van der Waals surface area contributed by atoms with Gasteiger partial charge in [-0.05, 0) is 87.6 Å². The van der Waals surface area contributed by atoms with E-state index in [-0.39, 0.29) is 11.9 Å². The average Bonchev–Trinajstić information content (AvgIpc) is 3.00. The first-order chi connectivity index (χ1) is 20.5. The van der Waals surface area contributed by atoms with Crippen molar-refractivity contribution in [1.29, 1.82) is 0 Å². The zero-order chi connectivity index (χ0) is 31.8. The number of hydrogen-bond acceptors (Lipinski definition) is 7. The van der Waals surface area contributed by atoms with E-state index < -0.39 is 19.5 Å². The van der Waals surface area contributed by atoms with Gasteiger partial charge < -0.3 is 23.6 Å². The van der Waals surface area contributed by atoms with Crippen LogP contribution in [0.4, 0.5) is 0 Å². The lowest BCUT2D eigenvalue weighted by atomic mass is 9.98. The number of benzene rings is 3. The molecule has 3 aromatic rings. The summed E-state index contributed by atoms with van der Waals surface area (Å²) in [5.41, 5.74) is 3.78. The Labute approximate surface area is 263 Å². The third-order valence-electron chi connectivity index (χ3n) is 6.48. The molecule has 0 aromatic heterocycles. The van der Waals surface area contributed by atoms with Crippen LogP contribution in [-0.2, 0) is 27.9 Å². The normalized spacial score (nSPS) is 12.4. The minimum absolute atomic E-state index is 0.171. The fourth-order valence-electron chi connectivity index (χ4n) is 4.01. The summed E-state index contributed by atoms with van der Waals surface area (Å²) in [7, 11) is -3.02. The van der Waals surface area contributed by atoms with Gasteiger partial charge in [-0.15, -0.1) is 0 Å². The van der Waals surface area contributed by atoms with Crippen LogP contribution in [0.3, 0.4) is 0 Å². The number of halogens is 1. The van der Waals surface area contributed by atoms with Crippen LogP contribution >= 0.6 is 23.5 Å². The van der Waals surface area contributed by atoms with E-state index >= 15 is 0 Å². The van der Waals surface area contributed by atoms with E-state index in [9.17, 15) is 14.2 Å². The number of carboxylic acid groups (broad SMARTS) is 1. The molecule has 0 aliphatic rings. The number of carboxylic acids is 1. The summed E-state index contributed by atoms with van der Waals surface area (Å²) >= 11 is 3.35. The minimum atomic E-state index is -3.02. The second-order valence-corrected chi connectivity index (χ2v) is 12.7. The molecule has 0 aliphatic carbocycles. The largest absolute Gasteiger partial charge is 0.494 e. The number of esters is 1. The Morgan fingerprint density at radius 3 is 1.74 bits per heavy atom. The van der Waals surface area contributed by atoms with Crippen molar-refractivity contribution >= 4 is 35.5 Å². The van der Waals surface area contributed by atoms with Crippen LogP contribution in [0.25, 0.3) is 11.1 Å². The quantitative estimate of drug-likeness (QED) is 0.0967. The molecule has 0 fully saturated rings. The molecule has 234 valence electrons. The molecule has 2 unspecified atom stereocenters. The third kappa shape index (κ3) is 12.3. The Morgan fingerprint density at radius 1 is 0.767 bits per heavy atom. The Morgan fingerprint density at radius 2 is 1.26 bits per heavy atom. The van der Waals surface area contributed by atoms with Crippen molar-refractivity contribution in [3.8, 4) is 16.9 Å². The maximum atomic E-state index is 12.4. The van der Waals surface area contributed by atoms with Gasteiger partial charge in [0.1, 0.15) is 5.75 Å². The number of carbonyl (C=O) groups excluding carboxylic acids is 1. The van der Waals surface area contributed by atoms with Gasteiger partial charge in [-0.2, -0.15) is 0 Å². The highest BCUT2D eigenvalue weighted by Gasteiger charge is 2.22. The van der Waals surface area contributed by atoms with E-state index in [0.29, 0.717) is 39.0 Å². The molecule has 0 spiro atoms. The number of carbonyl (C=O) groups is 2. The molecule has 3 rings (SSSR count). The fourth-order valence-corrected chi connectivity index (χ4v) is 5.91. The topological polar surface area (TPSA) is 108 Å². The predicted octanol–water partition coefficient (Wildman–Crippen LogP) is 8.69. The van der Waals surface area contributed by atoms with E-state index in [2.05, 4.69) is 15.9 Å². The lowest BCUT2D eigenvalue weighted by Crippen LogP contribution is -2.12. The summed E-state index contributed by atoms with van der Waals surface area (Å²) in [5, 5.41) is 9.10. The second-order valence-electron chi connectivity index (χ2n) is 9.60. The van der Waals surface area contributed by atoms with Gasteiger partial charge in [0.05, 0.1) is 44.4 Å². The molecular weight excluding hydrogens is 635 g/mol. The highest BCUT2D eigenvalue weighted by molar-refractivity contribution is 9.10. The molecular formula is C33H42BrO8P. The summed E-state index contributed by atoms with van der Waals surface area (Å²) in [6, 6.07) is 22.9. The van der Waals surface area contributed by atoms with Gasteiger partial charge >= 0.3 is 19.5 Å². The van der Waals surface area contributed by atoms with Crippen LogP contribution in [-0.4, -0.2) is 49.6 Å². The zero-order valence-electron chi connectivity index (χ0n) is 25.5. The van der Waals surface area contributed by atoms with Crippen LogP contribution in [0.5, 0.6) is 5.75 Å². The van der Waals surface area contributed by atoms with E-state index in [0.717, 1.165) is 32.5 Å². The van der Waals surface area contributed by atoms with Gasteiger partial charge in [-0.1, -0.05) is 64.5 Å². The van der Waals surface area contributed by atoms with Gasteiger partial charge in [0.25, 0.3) is 0 Å². The number of hydrogen-bond donors (Lipinski definition) is 1. The molecule has 0 amide bonds. The summed E-state index contributed by atoms with van der Waals surface area (Å²) < 4.78 is 34.6. The Kier molecular flexibility index (Phi) is 15.7. The van der Waals surface area contributed by atoms with E-state index in [1.54, 1.807) is 20.8 Å². The molecule has 43 heavy (non-hydrogen) atoms. The van der Waals surface area contributed by atoms with Crippen LogP contribution in [0.2, 0.25) is 0 Å². The first-order valence-electron chi connectivity index (χ1n) is 14.4. The highest BCUT2D eigenvalue weighted by atomic mass is 79.9. The van der Waals surface area contributed by atoms with Crippen LogP contribution in [0.15, 0.2) is 77.3 Å². The predicted molar refractivity (Wildman–Crippen MR) is 173 cm³/mol. The summed E-state index contributed by atoms with van der Waals surface area (Å²) in [4.78, 5) is 22.5. The number of ether oxygens (including phenoxy) is 2. The first-order valence-corrected chi connectivity index (χ1v) is 16.9. The van der Waals surface area contributed by atoms with E-state index in [1.807, 2.05) is 86.6 Å². The van der Waals surface area contributed by atoms with Crippen LogP contribution in [0.1, 0.15) is 64.0 Å². The molecule has 0 saturated carbocycles. The number of rotatable bonds is 15. The molecule has 8 nitrogen and oxygen atoms in total. The van der Waals surface area contributed by atoms with Crippen molar-refractivity contribution in [2.24, 2.45) is 0 Å². The molecule has 0 saturated heterocycles. The average molecular weight is 678 g/mol. The Bertz CT molecular complexity index is 1300. The zero-order valence-corrected chi connectivity index (χ0v) is 27.9. The molecule has 3 aromatic carbocycles. The molecule has 0 bridgehead atoms. The van der Waals surface area contributed by atoms with Gasteiger partial charge in [0.2, 0.25) is 0 Å². The first kappa shape index (κ1) is 36.2. The van der Waals surface area contributed by atoms with Crippen molar-refractivity contribution in [2.45, 2.75) is 52.9 Å². The Hall–Kier alpha value is -2.97. The molecule has 2 atom stereocenters. The van der Waals surface area contributed by atoms with E-state index in [4.69, 9.17) is 23.6 Å². The maximum absolute atomic E-state index is 12.4. The van der Waals surface area contributed by atoms with Crippen molar-refractivity contribution < 1.29 is 37.8 Å². The van der Waals surface area contributed by atoms with Crippen molar-refractivity contribution in [1.82, 2.24) is 0 Å². The van der Waals surface area contributed by atoms with Gasteiger partial charge in [-0.3, -0.25) is 14.2 Å². The minimum Gasteiger partial charge on any atom is -0.494 e. The summed E-state index contributed by atoms with van der Waals surface area (Å²) in [6.45, 7) is 10.5. The Balaban J connectivity index is 0.000000385. The second kappa shape index (κ2) is 18.6. The molecule has 10 heteroatoms. The molecule has 0 heterocycles. The maximum Gasteiger partial charge on any atom is 0.330 e. The van der Waals surface area contributed by atoms with Crippen molar-refractivity contribution in [2.75, 3.05) is 32.6 Å². The van der Waals surface area contributed by atoms with Crippen molar-refractivity contribution in [3.63, 3.8) is 0 Å². The molecule has 0 radical (unpaired) electrons. The standard InChI is InChI=1S/C22H29O6P.C11H13BrO2/c1-4-27-29(25,28-5-2)16-6-15-26-21-13-11-20(12-14-21)19-9-7-18(8-10-19)17(3)22(23)24;1-3-14-11(13)8(2)9-4-6-10(12)7-5-9/h7-14,17H,4-6,15-16H2,1-3H3,(H,23,24);4-8H,3H2,1-2H3. The van der Waals surface area contributed by atoms with Gasteiger partial charge in [0.15, 0.2) is 0 Å². The third-order valence-corrected chi connectivity index (χ3v) is 9.17. The molecule has 0 aliphatic heterocycles.